The summed E-state index contributed by atoms with van der Waals surface area (Å²) in [5.41, 5.74) is 4.25. The van der Waals surface area contributed by atoms with Crippen molar-refractivity contribution in [2.24, 2.45) is 0 Å². The van der Waals surface area contributed by atoms with E-state index >= 15 is 0 Å². The molecule has 0 fully saturated rings. The van der Waals surface area contributed by atoms with E-state index < -0.39 is 5.54 Å². The molecule has 1 aromatic heterocycles. The minimum absolute atomic E-state index is 0.485. The standard InChI is InChI=1S/C26H25ClN2/c27-19-11-10-18-25-20-29(21-28-25)26(22-12-4-1-5-13-22,23-14-6-2-7-15-23)24-16-8-3-9-17-24/h1-9,12-17,20-21H,10-11,18-19H2. The number of alkyl halides is 1. The normalized spacial score (nSPS) is 11.5. The van der Waals surface area contributed by atoms with Crippen LogP contribution in [0.25, 0.3) is 0 Å². The van der Waals surface area contributed by atoms with Gasteiger partial charge in [-0.3, -0.25) is 0 Å². The third-order valence-electron chi connectivity index (χ3n) is 5.41. The second kappa shape index (κ2) is 9.11. The van der Waals surface area contributed by atoms with Crippen LogP contribution in [-0.4, -0.2) is 15.4 Å². The first-order chi connectivity index (χ1) is 14.4. The highest BCUT2D eigenvalue weighted by molar-refractivity contribution is 6.17. The van der Waals surface area contributed by atoms with E-state index in [0.717, 1.165) is 25.0 Å². The Kier molecular flexibility index (Phi) is 6.12. The van der Waals surface area contributed by atoms with Crippen molar-refractivity contribution in [2.75, 3.05) is 5.88 Å². The fourth-order valence-corrected chi connectivity index (χ4v) is 4.25. The molecule has 0 amide bonds. The molecular formula is C26H25ClN2. The Labute approximate surface area is 177 Å². The van der Waals surface area contributed by atoms with Gasteiger partial charge >= 0.3 is 0 Å². The minimum Gasteiger partial charge on any atom is -0.319 e. The predicted molar refractivity (Wildman–Crippen MR) is 120 cm³/mol. The number of nitrogens with zero attached hydrogens (tertiary/aromatic N) is 2. The van der Waals surface area contributed by atoms with Gasteiger partial charge in [-0.25, -0.2) is 4.98 Å². The summed E-state index contributed by atoms with van der Waals surface area (Å²) in [5, 5.41) is 0. The SMILES string of the molecule is ClCCCCc1cn(C(c2ccccc2)(c2ccccc2)c2ccccc2)cn1. The van der Waals surface area contributed by atoms with Crippen LogP contribution in [0.1, 0.15) is 35.2 Å². The second-order valence-corrected chi connectivity index (χ2v) is 7.60. The molecule has 0 saturated heterocycles. The Balaban J connectivity index is 1.94. The Hall–Kier alpha value is -2.84. The van der Waals surface area contributed by atoms with E-state index in [1.807, 2.05) is 6.33 Å². The summed E-state index contributed by atoms with van der Waals surface area (Å²) in [7, 11) is 0. The van der Waals surface area contributed by atoms with Crippen LogP contribution < -0.4 is 0 Å². The van der Waals surface area contributed by atoms with Gasteiger partial charge in [-0.05, 0) is 36.0 Å². The van der Waals surface area contributed by atoms with E-state index in [9.17, 15) is 0 Å². The molecule has 0 N–H and O–H groups in total. The van der Waals surface area contributed by atoms with Crippen LogP contribution in [0.2, 0.25) is 0 Å². The largest absolute Gasteiger partial charge is 0.319 e. The number of hydrogen-bond donors (Lipinski definition) is 0. The molecule has 0 unspecified atom stereocenters. The zero-order valence-corrected chi connectivity index (χ0v) is 17.2. The summed E-state index contributed by atoms with van der Waals surface area (Å²) in [6.45, 7) is 0. The van der Waals surface area contributed by atoms with Crippen LogP contribution in [0.5, 0.6) is 0 Å². The number of aryl methyl sites for hydroxylation is 1. The number of halogens is 1. The average molecular weight is 401 g/mol. The van der Waals surface area contributed by atoms with Gasteiger partial charge < -0.3 is 4.57 Å². The number of benzene rings is 3. The predicted octanol–water partition coefficient (Wildman–Crippen LogP) is 6.28. The third kappa shape index (κ3) is 3.86. The van der Waals surface area contributed by atoms with Crippen molar-refractivity contribution in [3.8, 4) is 0 Å². The Morgan fingerprint density at radius 2 is 1.17 bits per heavy atom. The van der Waals surface area contributed by atoms with Gasteiger partial charge in [0.05, 0.1) is 12.0 Å². The monoisotopic (exact) mass is 400 g/mol. The fourth-order valence-electron chi connectivity index (χ4n) is 4.06. The highest BCUT2D eigenvalue weighted by Gasteiger charge is 2.38. The van der Waals surface area contributed by atoms with Crippen LogP contribution in [0, 0.1) is 0 Å². The molecule has 3 aromatic carbocycles. The third-order valence-corrected chi connectivity index (χ3v) is 5.68. The van der Waals surface area contributed by atoms with E-state index in [-0.39, 0.29) is 0 Å². The lowest BCUT2D eigenvalue weighted by molar-refractivity contribution is 0.514. The highest BCUT2D eigenvalue weighted by atomic mass is 35.5. The first kappa shape index (κ1) is 19.5. The van der Waals surface area contributed by atoms with Crippen molar-refractivity contribution in [1.82, 2.24) is 9.55 Å². The maximum atomic E-state index is 5.86. The molecule has 0 bridgehead atoms. The number of imidazole rings is 1. The summed E-state index contributed by atoms with van der Waals surface area (Å²) in [5.74, 6) is 0.697. The Morgan fingerprint density at radius 3 is 1.62 bits per heavy atom. The van der Waals surface area contributed by atoms with Crippen molar-refractivity contribution in [3.63, 3.8) is 0 Å². The quantitative estimate of drug-likeness (QED) is 0.193. The molecule has 0 atom stereocenters. The van der Waals surface area contributed by atoms with E-state index in [1.54, 1.807) is 0 Å². The van der Waals surface area contributed by atoms with Gasteiger partial charge in [-0.1, -0.05) is 91.0 Å². The van der Waals surface area contributed by atoms with Gasteiger partial charge in [-0.2, -0.15) is 0 Å². The molecule has 0 aliphatic heterocycles. The molecule has 4 aromatic rings. The Morgan fingerprint density at radius 1 is 0.690 bits per heavy atom. The molecule has 4 rings (SSSR count). The van der Waals surface area contributed by atoms with Gasteiger partial charge in [-0.15, -0.1) is 11.6 Å². The summed E-state index contributed by atoms with van der Waals surface area (Å²) in [6.07, 6.45) is 7.17. The molecule has 0 aliphatic carbocycles. The van der Waals surface area contributed by atoms with Crippen molar-refractivity contribution in [3.05, 3.63) is 126 Å². The minimum atomic E-state index is -0.485. The zero-order valence-electron chi connectivity index (χ0n) is 16.4. The number of rotatable bonds is 8. The summed E-state index contributed by atoms with van der Waals surface area (Å²) in [6, 6.07) is 32.0. The fraction of sp³-hybridized carbons (Fsp3) is 0.192. The van der Waals surface area contributed by atoms with Crippen molar-refractivity contribution in [1.29, 1.82) is 0 Å². The molecule has 0 radical (unpaired) electrons. The zero-order chi connectivity index (χ0) is 19.9. The summed E-state index contributed by atoms with van der Waals surface area (Å²) < 4.78 is 2.27. The highest BCUT2D eigenvalue weighted by Crippen LogP contribution is 2.40. The maximum Gasteiger partial charge on any atom is 0.121 e. The molecule has 0 spiro atoms. The molecule has 0 saturated carbocycles. The topological polar surface area (TPSA) is 17.8 Å². The maximum absolute atomic E-state index is 5.86. The molecule has 2 nitrogen and oxygen atoms in total. The van der Waals surface area contributed by atoms with Crippen LogP contribution in [0.15, 0.2) is 104 Å². The average Bonchev–Trinajstić information content (AvgIpc) is 3.26. The first-order valence-corrected chi connectivity index (χ1v) is 10.6. The van der Waals surface area contributed by atoms with Gasteiger partial charge in [0, 0.05) is 12.1 Å². The van der Waals surface area contributed by atoms with Crippen molar-refractivity contribution >= 4 is 11.6 Å². The molecule has 0 aliphatic rings. The van der Waals surface area contributed by atoms with Crippen LogP contribution in [-0.2, 0) is 12.0 Å². The molecule has 29 heavy (non-hydrogen) atoms. The van der Waals surface area contributed by atoms with Crippen LogP contribution in [0.4, 0.5) is 0 Å². The summed E-state index contributed by atoms with van der Waals surface area (Å²) >= 11 is 5.86. The Bertz CT molecular complexity index is 914. The van der Waals surface area contributed by atoms with Gasteiger partial charge in [0.2, 0.25) is 0 Å². The van der Waals surface area contributed by atoms with E-state index in [1.165, 1.54) is 16.7 Å². The van der Waals surface area contributed by atoms with Gasteiger partial charge in [0.25, 0.3) is 0 Å². The number of aromatic nitrogens is 2. The van der Waals surface area contributed by atoms with Crippen molar-refractivity contribution in [2.45, 2.75) is 24.8 Å². The lowest BCUT2D eigenvalue weighted by Crippen LogP contribution is -2.36. The van der Waals surface area contributed by atoms with Crippen LogP contribution >= 0.6 is 11.6 Å². The second-order valence-electron chi connectivity index (χ2n) is 7.23. The van der Waals surface area contributed by atoms with E-state index in [4.69, 9.17) is 16.6 Å². The molecule has 3 heteroatoms. The van der Waals surface area contributed by atoms with E-state index in [0.29, 0.717) is 5.88 Å². The first-order valence-electron chi connectivity index (χ1n) is 10.1. The lowest BCUT2D eigenvalue weighted by atomic mass is 9.77. The lowest BCUT2D eigenvalue weighted by Gasteiger charge is -2.37. The van der Waals surface area contributed by atoms with Gasteiger partial charge in [0.1, 0.15) is 5.54 Å². The number of hydrogen-bond acceptors (Lipinski definition) is 1. The molecular weight excluding hydrogens is 376 g/mol. The smallest absolute Gasteiger partial charge is 0.121 e. The van der Waals surface area contributed by atoms with Crippen LogP contribution in [0.3, 0.4) is 0 Å². The molecule has 146 valence electrons. The number of unbranched alkanes of at least 4 members (excludes halogenated alkanes) is 1. The van der Waals surface area contributed by atoms with Gasteiger partial charge in [0.15, 0.2) is 0 Å². The molecule has 1 heterocycles. The van der Waals surface area contributed by atoms with E-state index in [2.05, 4.69) is 102 Å². The summed E-state index contributed by atoms with van der Waals surface area (Å²) in [4.78, 5) is 4.75. The van der Waals surface area contributed by atoms with Crippen molar-refractivity contribution < 1.29 is 0 Å².